The van der Waals surface area contributed by atoms with Crippen LogP contribution >= 0.6 is 0 Å². The molecule has 0 amide bonds. The van der Waals surface area contributed by atoms with E-state index in [2.05, 4.69) is 0 Å². The second kappa shape index (κ2) is 3.89. The van der Waals surface area contributed by atoms with E-state index in [4.69, 9.17) is 9.47 Å². The third-order valence-electron chi connectivity index (χ3n) is 2.71. The van der Waals surface area contributed by atoms with Crippen LogP contribution in [0.2, 0.25) is 0 Å². The van der Waals surface area contributed by atoms with Gasteiger partial charge < -0.3 is 14.0 Å². The number of aromatic nitrogens is 1. The predicted octanol–water partition coefficient (Wildman–Crippen LogP) is 2.01. The molecule has 0 spiro atoms. The molecule has 0 radical (unpaired) electrons. The quantitative estimate of drug-likeness (QED) is 0.741. The zero-order valence-electron chi connectivity index (χ0n) is 9.48. The number of fused-ring (bicyclic) bond motifs is 1. The molecule has 0 saturated heterocycles. The first-order valence-corrected chi connectivity index (χ1v) is 4.88. The van der Waals surface area contributed by atoms with Crippen molar-refractivity contribution in [3.05, 3.63) is 23.9 Å². The van der Waals surface area contributed by atoms with Crippen LogP contribution in [0.3, 0.4) is 0 Å². The van der Waals surface area contributed by atoms with Gasteiger partial charge in [-0.15, -0.1) is 0 Å². The number of hydrogen-bond donors (Lipinski definition) is 0. The minimum Gasteiger partial charge on any atom is -0.493 e. The Hall–Kier alpha value is -1.97. The summed E-state index contributed by atoms with van der Waals surface area (Å²) < 4.78 is 12.2. The van der Waals surface area contributed by atoms with Crippen molar-refractivity contribution in [2.75, 3.05) is 14.2 Å². The average molecular weight is 219 g/mol. The van der Waals surface area contributed by atoms with Gasteiger partial charge in [0.25, 0.3) is 0 Å². The molecule has 1 aromatic carbocycles. The van der Waals surface area contributed by atoms with Crippen LogP contribution in [0.25, 0.3) is 10.9 Å². The fourth-order valence-corrected chi connectivity index (χ4v) is 1.80. The Morgan fingerprint density at radius 1 is 1.12 bits per heavy atom. The van der Waals surface area contributed by atoms with Crippen molar-refractivity contribution >= 4 is 17.2 Å². The molecule has 1 heterocycles. The predicted molar refractivity (Wildman–Crippen MR) is 61.4 cm³/mol. The number of hydrogen-bond acceptors (Lipinski definition) is 3. The van der Waals surface area contributed by atoms with Gasteiger partial charge in [-0.2, -0.15) is 0 Å². The van der Waals surface area contributed by atoms with Crippen LogP contribution in [0.5, 0.6) is 11.5 Å². The second-order valence-electron chi connectivity index (χ2n) is 3.51. The number of aryl methyl sites for hydroxylation is 1. The van der Waals surface area contributed by atoms with E-state index in [-0.39, 0.29) is 0 Å². The van der Waals surface area contributed by atoms with E-state index in [1.807, 2.05) is 29.8 Å². The molecule has 0 fully saturated rings. The van der Waals surface area contributed by atoms with Gasteiger partial charge in [0.2, 0.25) is 0 Å². The zero-order chi connectivity index (χ0) is 11.7. The maximum absolute atomic E-state index is 10.8. The van der Waals surface area contributed by atoms with E-state index in [1.54, 1.807) is 14.2 Å². The summed E-state index contributed by atoms with van der Waals surface area (Å²) in [6.07, 6.45) is 0.832. The molecule has 4 nitrogen and oxygen atoms in total. The molecule has 0 aliphatic rings. The van der Waals surface area contributed by atoms with Crippen LogP contribution in [-0.2, 0) is 7.05 Å². The highest BCUT2D eigenvalue weighted by atomic mass is 16.5. The summed E-state index contributed by atoms with van der Waals surface area (Å²) in [5, 5.41) is 0.960. The normalized spacial score (nSPS) is 10.4. The molecule has 0 aliphatic heterocycles. The number of methoxy groups -OCH3 is 2. The minimum atomic E-state index is 0.630. The highest BCUT2D eigenvalue weighted by Gasteiger charge is 2.10. The maximum atomic E-state index is 10.8. The molecule has 2 rings (SSSR count). The lowest BCUT2D eigenvalue weighted by atomic mass is 10.2. The van der Waals surface area contributed by atoms with Crippen molar-refractivity contribution in [1.82, 2.24) is 4.57 Å². The first-order valence-electron chi connectivity index (χ1n) is 4.88. The lowest BCUT2D eigenvalue weighted by molar-refractivity contribution is 0.111. The number of aldehydes is 1. The van der Waals surface area contributed by atoms with Gasteiger partial charge in [-0.1, -0.05) is 0 Å². The maximum Gasteiger partial charge on any atom is 0.166 e. The van der Waals surface area contributed by atoms with Gasteiger partial charge in [-0.25, -0.2) is 0 Å². The van der Waals surface area contributed by atoms with E-state index in [0.717, 1.165) is 17.2 Å². The molecule has 0 unspecified atom stereocenters. The molecule has 0 atom stereocenters. The SMILES string of the molecule is COc1cc2cc(C=O)n(C)c2cc1OC. The fourth-order valence-electron chi connectivity index (χ4n) is 1.80. The molecule has 0 bridgehead atoms. The summed E-state index contributed by atoms with van der Waals surface area (Å²) in [7, 11) is 5.03. The molecule has 0 N–H and O–H groups in total. The Kier molecular flexibility index (Phi) is 2.56. The summed E-state index contributed by atoms with van der Waals surface area (Å²) in [6, 6.07) is 5.55. The number of carbonyl (C=O) groups is 1. The first kappa shape index (κ1) is 10.5. The Labute approximate surface area is 93.4 Å². The van der Waals surface area contributed by atoms with Gasteiger partial charge in [0.05, 0.1) is 25.4 Å². The van der Waals surface area contributed by atoms with Crippen LogP contribution < -0.4 is 9.47 Å². The lowest BCUT2D eigenvalue weighted by Crippen LogP contribution is -1.94. The highest BCUT2D eigenvalue weighted by Crippen LogP contribution is 2.33. The van der Waals surface area contributed by atoms with Crippen molar-refractivity contribution in [1.29, 1.82) is 0 Å². The monoisotopic (exact) mass is 219 g/mol. The second-order valence-corrected chi connectivity index (χ2v) is 3.51. The number of rotatable bonds is 3. The van der Waals surface area contributed by atoms with E-state index in [9.17, 15) is 4.79 Å². The van der Waals surface area contributed by atoms with Crippen molar-refractivity contribution in [3.8, 4) is 11.5 Å². The molecule has 1 aromatic heterocycles. The zero-order valence-corrected chi connectivity index (χ0v) is 9.48. The number of nitrogens with zero attached hydrogens (tertiary/aromatic N) is 1. The molecule has 16 heavy (non-hydrogen) atoms. The fraction of sp³-hybridized carbons (Fsp3) is 0.250. The summed E-state index contributed by atoms with van der Waals surface area (Å²) in [5.74, 6) is 1.33. The van der Waals surface area contributed by atoms with E-state index in [1.165, 1.54) is 0 Å². The van der Waals surface area contributed by atoms with Crippen molar-refractivity contribution in [3.63, 3.8) is 0 Å². The van der Waals surface area contributed by atoms with Crippen molar-refractivity contribution in [2.45, 2.75) is 0 Å². The highest BCUT2D eigenvalue weighted by molar-refractivity contribution is 5.91. The first-order chi connectivity index (χ1) is 7.71. The van der Waals surface area contributed by atoms with Gasteiger partial charge in [-0.05, 0) is 12.1 Å². The Bertz CT molecular complexity index is 543. The Balaban J connectivity index is 2.75. The molecule has 84 valence electrons. The van der Waals surface area contributed by atoms with E-state index < -0.39 is 0 Å². The van der Waals surface area contributed by atoms with Crippen molar-refractivity contribution < 1.29 is 14.3 Å². The van der Waals surface area contributed by atoms with Gasteiger partial charge in [-0.3, -0.25) is 4.79 Å². The molecule has 4 heteroatoms. The smallest absolute Gasteiger partial charge is 0.166 e. The topological polar surface area (TPSA) is 40.5 Å². The molecule has 2 aromatic rings. The van der Waals surface area contributed by atoms with Crippen LogP contribution in [0, 0.1) is 0 Å². The van der Waals surface area contributed by atoms with Crippen LogP contribution in [-0.4, -0.2) is 25.1 Å². The van der Waals surface area contributed by atoms with Crippen molar-refractivity contribution in [2.24, 2.45) is 7.05 Å². The van der Waals surface area contributed by atoms with Gasteiger partial charge in [0.15, 0.2) is 17.8 Å². The standard InChI is InChI=1S/C12H13NO3/c1-13-9(7-14)4-8-5-11(15-2)12(16-3)6-10(8)13/h4-7H,1-3H3. The summed E-state index contributed by atoms with van der Waals surface area (Å²) >= 11 is 0. The van der Waals surface area contributed by atoms with E-state index in [0.29, 0.717) is 17.2 Å². The Morgan fingerprint density at radius 2 is 1.75 bits per heavy atom. The molecule has 0 saturated carbocycles. The van der Waals surface area contributed by atoms with Crippen LogP contribution in [0.4, 0.5) is 0 Å². The number of ether oxygens (including phenoxy) is 2. The summed E-state index contributed by atoms with van der Waals surface area (Å²) in [5.41, 5.74) is 1.57. The largest absolute Gasteiger partial charge is 0.493 e. The summed E-state index contributed by atoms with van der Waals surface area (Å²) in [4.78, 5) is 10.8. The number of carbonyl (C=O) groups excluding carboxylic acids is 1. The average Bonchev–Trinajstić information content (AvgIpc) is 2.63. The molecular weight excluding hydrogens is 206 g/mol. The number of benzene rings is 1. The van der Waals surface area contributed by atoms with Gasteiger partial charge in [0.1, 0.15) is 0 Å². The van der Waals surface area contributed by atoms with Gasteiger partial charge in [0, 0.05) is 18.5 Å². The summed E-state index contributed by atoms with van der Waals surface area (Å²) in [6.45, 7) is 0. The Morgan fingerprint density at radius 3 is 2.31 bits per heavy atom. The third kappa shape index (κ3) is 1.43. The van der Waals surface area contributed by atoms with Crippen LogP contribution in [0.1, 0.15) is 10.5 Å². The third-order valence-corrected chi connectivity index (χ3v) is 2.71. The lowest BCUT2D eigenvalue weighted by Gasteiger charge is -2.08. The minimum absolute atomic E-state index is 0.630. The van der Waals surface area contributed by atoms with Crippen LogP contribution in [0.15, 0.2) is 18.2 Å². The molecule has 0 aliphatic carbocycles. The molecular formula is C12H13NO3. The van der Waals surface area contributed by atoms with E-state index >= 15 is 0 Å². The van der Waals surface area contributed by atoms with Gasteiger partial charge >= 0.3 is 0 Å².